The third-order valence-electron chi connectivity index (χ3n) is 5.24. The highest BCUT2D eigenvalue weighted by Crippen LogP contribution is 2.27. The number of nitrogens with one attached hydrogen (secondary N) is 1. The van der Waals surface area contributed by atoms with E-state index in [0.29, 0.717) is 18.0 Å². The lowest BCUT2D eigenvalue weighted by Gasteiger charge is -2.32. The fourth-order valence-corrected chi connectivity index (χ4v) is 5.44. The summed E-state index contributed by atoms with van der Waals surface area (Å²) in [6.07, 6.45) is 5.81. The number of carbonyl (C=O) groups is 1. The van der Waals surface area contributed by atoms with E-state index in [1.807, 2.05) is 6.92 Å². The summed E-state index contributed by atoms with van der Waals surface area (Å²) < 4.78 is 27.2. The van der Waals surface area contributed by atoms with Gasteiger partial charge in [-0.1, -0.05) is 30.5 Å². The molecular formula is C18H25ClN2O3S. The molecule has 2 fully saturated rings. The summed E-state index contributed by atoms with van der Waals surface area (Å²) in [5.41, 5.74) is 0.841. The van der Waals surface area contributed by atoms with Gasteiger partial charge in [0.2, 0.25) is 15.9 Å². The van der Waals surface area contributed by atoms with Gasteiger partial charge in [-0.2, -0.15) is 4.31 Å². The molecule has 1 N–H and O–H groups in total. The number of hydrogen-bond acceptors (Lipinski definition) is 3. The Bertz CT molecular complexity index is 745. The van der Waals surface area contributed by atoms with Gasteiger partial charge in [0.05, 0.1) is 10.8 Å². The molecule has 3 rings (SSSR count). The fraction of sp³-hybridized carbons (Fsp3) is 0.611. The predicted octanol–water partition coefficient (Wildman–Crippen LogP) is 3.11. The van der Waals surface area contributed by atoms with Crippen molar-refractivity contribution in [1.82, 2.24) is 9.62 Å². The van der Waals surface area contributed by atoms with E-state index in [9.17, 15) is 13.2 Å². The van der Waals surface area contributed by atoms with E-state index in [0.717, 1.165) is 37.7 Å². The second-order valence-electron chi connectivity index (χ2n) is 7.10. The summed E-state index contributed by atoms with van der Waals surface area (Å²) in [4.78, 5) is 12.7. The highest BCUT2D eigenvalue weighted by Gasteiger charge is 2.34. The first-order valence-corrected chi connectivity index (χ1v) is 10.8. The Balaban J connectivity index is 1.71. The molecule has 1 atom stereocenters. The number of nitrogens with zero attached hydrogens (tertiary/aromatic N) is 1. The Kier molecular flexibility index (Phi) is 5.71. The number of halogens is 1. The molecule has 1 aromatic carbocycles. The summed E-state index contributed by atoms with van der Waals surface area (Å²) in [7, 11) is -3.63. The molecule has 1 amide bonds. The van der Waals surface area contributed by atoms with Crippen LogP contribution in [0.5, 0.6) is 0 Å². The molecule has 1 aromatic rings. The molecule has 5 nitrogen and oxygen atoms in total. The Morgan fingerprint density at radius 1 is 1.20 bits per heavy atom. The highest BCUT2D eigenvalue weighted by atomic mass is 35.5. The van der Waals surface area contributed by atoms with Gasteiger partial charge in [0.1, 0.15) is 0 Å². The first kappa shape index (κ1) is 18.7. The number of rotatable bonds is 4. The standard InChI is InChI=1S/C18H25ClN2O3S/c1-13-8-9-16(11-17(13)19)25(23,24)21-10-4-5-14(12-21)18(22)20-15-6-2-3-7-15/h8-9,11,14-15H,2-7,10,12H2,1H3,(H,20,22)/t14-/m0/s1. The summed E-state index contributed by atoms with van der Waals surface area (Å²) >= 11 is 6.09. The number of aryl methyl sites for hydroxylation is 1. The SMILES string of the molecule is Cc1ccc(S(=O)(=O)N2CCC[C@H](C(=O)NC3CCCC3)C2)cc1Cl. The fourth-order valence-electron chi connectivity index (χ4n) is 3.65. The minimum atomic E-state index is -3.63. The van der Waals surface area contributed by atoms with Crippen LogP contribution in [-0.4, -0.2) is 37.8 Å². The summed E-state index contributed by atoms with van der Waals surface area (Å²) in [5.74, 6) is -0.279. The maximum absolute atomic E-state index is 12.9. The first-order valence-electron chi connectivity index (χ1n) is 8.94. The maximum atomic E-state index is 12.9. The molecule has 25 heavy (non-hydrogen) atoms. The maximum Gasteiger partial charge on any atom is 0.243 e. The van der Waals surface area contributed by atoms with E-state index in [1.165, 1.54) is 10.4 Å². The van der Waals surface area contributed by atoms with Crippen LogP contribution in [-0.2, 0) is 14.8 Å². The monoisotopic (exact) mass is 384 g/mol. The molecule has 7 heteroatoms. The van der Waals surface area contributed by atoms with Gasteiger partial charge >= 0.3 is 0 Å². The van der Waals surface area contributed by atoms with Gasteiger partial charge in [-0.3, -0.25) is 4.79 Å². The lowest BCUT2D eigenvalue weighted by atomic mass is 9.98. The van der Waals surface area contributed by atoms with Crippen molar-refractivity contribution in [3.8, 4) is 0 Å². The van der Waals surface area contributed by atoms with E-state index in [1.54, 1.807) is 12.1 Å². The number of piperidine rings is 1. The van der Waals surface area contributed by atoms with Gasteiger partial charge in [-0.25, -0.2) is 8.42 Å². The topological polar surface area (TPSA) is 66.5 Å². The Morgan fingerprint density at radius 3 is 2.60 bits per heavy atom. The van der Waals surface area contributed by atoms with Gasteiger partial charge in [0.15, 0.2) is 0 Å². The minimum absolute atomic E-state index is 0.00580. The quantitative estimate of drug-likeness (QED) is 0.867. The van der Waals surface area contributed by atoms with E-state index in [4.69, 9.17) is 11.6 Å². The summed E-state index contributed by atoms with van der Waals surface area (Å²) in [6, 6.07) is 5.05. The van der Waals surface area contributed by atoms with Crippen LogP contribution in [0.25, 0.3) is 0 Å². The van der Waals surface area contributed by atoms with Gasteiger partial charge in [-0.15, -0.1) is 0 Å². The summed E-state index contributed by atoms with van der Waals surface area (Å²) in [6.45, 7) is 2.52. The molecular weight excluding hydrogens is 360 g/mol. The number of hydrogen-bond donors (Lipinski definition) is 1. The van der Waals surface area contributed by atoms with E-state index in [2.05, 4.69) is 5.32 Å². The van der Waals surface area contributed by atoms with Crippen molar-refractivity contribution in [3.63, 3.8) is 0 Å². The predicted molar refractivity (Wildman–Crippen MR) is 98.1 cm³/mol. The number of benzene rings is 1. The van der Waals surface area contributed by atoms with Crippen molar-refractivity contribution < 1.29 is 13.2 Å². The Hall–Kier alpha value is -1.11. The lowest BCUT2D eigenvalue weighted by Crippen LogP contribution is -2.47. The number of sulfonamides is 1. The Labute approximate surface area is 154 Å². The van der Waals surface area contributed by atoms with E-state index >= 15 is 0 Å². The van der Waals surface area contributed by atoms with Gasteiger partial charge < -0.3 is 5.32 Å². The Morgan fingerprint density at radius 2 is 1.92 bits per heavy atom. The third-order valence-corrected chi connectivity index (χ3v) is 7.51. The van der Waals surface area contributed by atoms with Crippen LogP contribution in [0.4, 0.5) is 0 Å². The third kappa shape index (κ3) is 4.18. The molecule has 1 aliphatic carbocycles. The molecule has 0 unspecified atom stereocenters. The molecule has 0 radical (unpaired) electrons. The van der Waals surface area contributed by atoms with E-state index in [-0.39, 0.29) is 29.3 Å². The largest absolute Gasteiger partial charge is 0.353 e. The van der Waals surface area contributed by atoms with Crippen LogP contribution in [0.3, 0.4) is 0 Å². The zero-order chi connectivity index (χ0) is 18.0. The van der Waals surface area contributed by atoms with Gasteiger partial charge in [0.25, 0.3) is 0 Å². The van der Waals surface area contributed by atoms with Crippen LogP contribution in [0, 0.1) is 12.8 Å². The van der Waals surface area contributed by atoms with Gasteiger partial charge in [-0.05, 0) is 50.3 Å². The molecule has 0 bridgehead atoms. The number of amides is 1. The molecule has 1 heterocycles. The first-order chi connectivity index (χ1) is 11.9. The normalized spacial score (nSPS) is 22.9. The van der Waals surface area contributed by atoms with Crippen LogP contribution in [0.15, 0.2) is 23.1 Å². The van der Waals surface area contributed by atoms with Gasteiger partial charge in [0, 0.05) is 24.2 Å². The molecule has 1 saturated carbocycles. The van der Waals surface area contributed by atoms with Crippen molar-refractivity contribution >= 4 is 27.5 Å². The average molecular weight is 385 g/mol. The second kappa shape index (κ2) is 7.64. The lowest BCUT2D eigenvalue weighted by molar-refractivity contribution is -0.126. The summed E-state index contributed by atoms with van der Waals surface area (Å²) in [5, 5.41) is 3.53. The van der Waals surface area contributed by atoms with Crippen LogP contribution >= 0.6 is 11.6 Å². The molecule has 0 aromatic heterocycles. The smallest absolute Gasteiger partial charge is 0.243 e. The zero-order valence-corrected chi connectivity index (χ0v) is 16.1. The molecule has 1 aliphatic heterocycles. The van der Waals surface area contributed by atoms with Crippen LogP contribution < -0.4 is 5.32 Å². The van der Waals surface area contributed by atoms with Crippen LogP contribution in [0.2, 0.25) is 5.02 Å². The number of carbonyl (C=O) groups excluding carboxylic acids is 1. The second-order valence-corrected chi connectivity index (χ2v) is 9.45. The molecule has 138 valence electrons. The molecule has 0 spiro atoms. The highest BCUT2D eigenvalue weighted by molar-refractivity contribution is 7.89. The van der Waals surface area contributed by atoms with Crippen LogP contribution in [0.1, 0.15) is 44.1 Å². The average Bonchev–Trinajstić information content (AvgIpc) is 3.10. The van der Waals surface area contributed by atoms with Crippen molar-refractivity contribution in [1.29, 1.82) is 0 Å². The minimum Gasteiger partial charge on any atom is -0.353 e. The van der Waals surface area contributed by atoms with Crippen molar-refractivity contribution in [2.24, 2.45) is 5.92 Å². The molecule has 1 saturated heterocycles. The zero-order valence-electron chi connectivity index (χ0n) is 14.5. The van der Waals surface area contributed by atoms with Crippen molar-refractivity contribution in [3.05, 3.63) is 28.8 Å². The van der Waals surface area contributed by atoms with E-state index < -0.39 is 10.0 Å². The molecule has 2 aliphatic rings. The van der Waals surface area contributed by atoms with Crippen molar-refractivity contribution in [2.45, 2.75) is 56.4 Å². The van der Waals surface area contributed by atoms with Crippen molar-refractivity contribution in [2.75, 3.05) is 13.1 Å².